The number of rotatable bonds is 7. The van der Waals surface area contributed by atoms with Gasteiger partial charge in [-0.05, 0) is 85.5 Å². The number of hydrogen-bond donors (Lipinski definition) is 2. The van der Waals surface area contributed by atoms with Gasteiger partial charge in [-0.15, -0.1) is 0 Å². The normalized spacial score (nSPS) is 16.5. The van der Waals surface area contributed by atoms with Crippen LogP contribution in [0.5, 0.6) is 11.5 Å². The lowest BCUT2D eigenvalue weighted by Gasteiger charge is -2.26. The summed E-state index contributed by atoms with van der Waals surface area (Å²) in [5, 5.41) is 21.3. The maximum Gasteiger partial charge on any atom is 0.338 e. The second-order valence-corrected chi connectivity index (χ2v) is 9.08. The summed E-state index contributed by atoms with van der Waals surface area (Å²) < 4.78 is 10.5. The number of aromatic hydroxyl groups is 1. The van der Waals surface area contributed by atoms with Crippen LogP contribution >= 0.6 is 0 Å². The number of anilines is 1. The van der Waals surface area contributed by atoms with Crippen LogP contribution in [0.4, 0.5) is 5.69 Å². The molecule has 1 aliphatic heterocycles. The molecule has 1 aliphatic rings. The molecule has 1 unspecified atom stereocenters. The molecule has 0 aromatic heterocycles. The number of esters is 1. The van der Waals surface area contributed by atoms with Crippen LogP contribution in [0.15, 0.2) is 66.2 Å². The van der Waals surface area contributed by atoms with E-state index < -0.39 is 23.7 Å². The molecule has 3 aromatic rings. The molecule has 1 saturated heterocycles. The lowest BCUT2D eigenvalue weighted by Crippen LogP contribution is -2.29. The summed E-state index contributed by atoms with van der Waals surface area (Å²) in [4.78, 5) is 40.3. The molecule has 8 heteroatoms. The van der Waals surface area contributed by atoms with E-state index in [1.54, 1.807) is 50.4 Å². The summed E-state index contributed by atoms with van der Waals surface area (Å²) in [6.07, 6.45) is 0.689. The zero-order valence-corrected chi connectivity index (χ0v) is 21.6. The summed E-state index contributed by atoms with van der Waals surface area (Å²) in [6.45, 7) is 5.78. The number of phenols is 1. The van der Waals surface area contributed by atoms with Crippen LogP contribution in [0, 0.1) is 13.8 Å². The molecule has 3 aromatic carbocycles. The average Bonchev–Trinajstić information content (AvgIpc) is 3.18. The predicted molar refractivity (Wildman–Crippen MR) is 142 cm³/mol. The van der Waals surface area contributed by atoms with Crippen LogP contribution < -0.4 is 9.64 Å². The van der Waals surface area contributed by atoms with Gasteiger partial charge in [-0.3, -0.25) is 14.5 Å². The Balaban J connectivity index is 1.86. The number of methoxy groups -OCH3 is 1. The number of Topliss-reactive ketones (excluding diaryl/α,β-unsaturated/α-hetero) is 1. The van der Waals surface area contributed by atoms with Gasteiger partial charge in [0.2, 0.25) is 0 Å². The second-order valence-electron chi connectivity index (χ2n) is 9.08. The number of nitrogens with zero attached hydrogens (tertiary/aromatic N) is 1. The first-order chi connectivity index (χ1) is 18.2. The Morgan fingerprint density at radius 3 is 2.24 bits per heavy atom. The summed E-state index contributed by atoms with van der Waals surface area (Å²) in [5.41, 5.74) is 2.91. The van der Waals surface area contributed by atoms with Gasteiger partial charge < -0.3 is 19.7 Å². The standard InChI is InChI=1S/C30H29NO7/c1-5-14-38-30(36)20-6-10-21(11-7-20)31-26(19-8-12-22(32)13-9-19)25(28(34)29(31)35)27(33)23-15-18(3)24(37-4)16-17(23)2/h6-13,15-16,26,32-33H,5,14H2,1-4H3/b27-25+. The van der Waals surface area contributed by atoms with Crippen LogP contribution in [0.1, 0.15) is 52.0 Å². The molecule has 8 nitrogen and oxygen atoms in total. The maximum atomic E-state index is 13.4. The first-order valence-corrected chi connectivity index (χ1v) is 12.2. The molecule has 4 rings (SSSR count). The zero-order chi connectivity index (χ0) is 27.6. The van der Waals surface area contributed by atoms with E-state index in [1.807, 2.05) is 13.8 Å². The van der Waals surface area contributed by atoms with Crippen molar-refractivity contribution in [2.24, 2.45) is 0 Å². The number of aryl methyl sites for hydroxylation is 2. The number of benzene rings is 3. The van der Waals surface area contributed by atoms with E-state index >= 15 is 0 Å². The Morgan fingerprint density at radius 2 is 1.63 bits per heavy atom. The van der Waals surface area contributed by atoms with E-state index in [4.69, 9.17) is 9.47 Å². The number of hydrogen-bond acceptors (Lipinski definition) is 7. The van der Waals surface area contributed by atoms with Gasteiger partial charge in [0, 0.05) is 11.3 Å². The van der Waals surface area contributed by atoms with Gasteiger partial charge in [0.15, 0.2) is 0 Å². The maximum absolute atomic E-state index is 13.4. The largest absolute Gasteiger partial charge is 0.508 e. The number of carbonyl (C=O) groups excluding carboxylic acids is 3. The van der Waals surface area contributed by atoms with Gasteiger partial charge in [0.1, 0.15) is 17.3 Å². The van der Waals surface area contributed by atoms with Crippen LogP contribution in [0.3, 0.4) is 0 Å². The van der Waals surface area contributed by atoms with E-state index in [9.17, 15) is 24.6 Å². The minimum Gasteiger partial charge on any atom is -0.508 e. The average molecular weight is 516 g/mol. The topological polar surface area (TPSA) is 113 Å². The third-order valence-electron chi connectivity index (χ3n) is 6.47. The van der Waals surface area contributed by atoms with Crippen molar-refractivity contribution < 1.29 is 34.1 Å². The fraction of sp³-hybridized carbons (Fsp3) is 0.233. The SMILES string of the molecule is CCCOC(=O)c1ccc(N2C(=O)C(=O)/C(=C(/O)c3cc(C)c(OC)cc3C)C2c2ccc(O)cc2)cc1. The highest BCUT2D eigenvalue weighted by Gasteiger charge is 2.47. The van der Waals surface area contributed by atoms with Gasteiger partial charge in [0.05, 0.1) is 30.9 Å². The van der Waals surface area contributed by atoms with Crippen molar-refractivity contribution in [1.29, 1.82) is 0 Å². The Bertz CT molecular complexity index is 1420. The lowest BCUT2D eigenvalue weighted by molar-refractivity contribution is -0.132. The van der Waals surface area contributed by atoms with Gasteiger partial charge in [-0.1, -0.05) is 19.1 Å². The molecule has 0 radical (unpaired) electrons. The first kappa shape index (κ1) is 26.5. The van der Waals surface area contributed by atoms with Crippen molar-refractivity contribution in [3.8, 4) is 11.5 Å². The number of amides is 1. The molecule has 1 amide bonds. The van der Waals surface area contributed by atoms with Crippen molar-refractivity contribution in [2.75, 3.05) is 18.6 Å². The fourth-order valence-electron chi connectivity index (χ4n) is 4.52. The first-order valence-electron chi connectivity index (χ1n) is 12.2. The van der Waals surface area contributed by atoms with Crippen molar-refractivity contribution in [3.05, 3.63) is 94.1 Å². The van der Waals surface area contributed by atoms with Crippen molar-refractivity contribution in [3.63, 3.8) is 0 Å². The van der Waals surface area contributed by atoms with Crippen molar-refractivity contribution >= 4 is 29.1 Å². The molecular formula is C30H29NO7. The van der Waals surface area contributed by atoms with Gasteiger partial charge in [0.25, 0.3) is 11.7 Å². The summed E-state index contributed by atoms with van der Waals surface area (Å²) in [7, 11) is 1.55. The monoisotopic (exact) mass is 515 g/mol. The number of aliphatic hydroxyl groups is 1. The Morgan fingerprint density at radius 1 is 0.974 bits per heavy atom. The van der Waals surface area contributed by atoms with E-state index in [1.165, 1.54) is 29.2 Å². The molecule has 196 valence electrons. The minimum absolute atomic E-state index is 0.0160. The lowest BCUT2D eigenvalue weighted by atomic mass is 9.93. The van der Waals surface area contributed by atoms with Crippen LogP contribution in [0.2, 0.25) is 0 Å². The van der Waals surface area contributed by atoms with E-state index in [0.717, 1.165) is 5.56 Å². The highest BCUT2D eigenvalue weighted by atomic mass is 16.5. The summed E-state index contributed by atoms with van der Waals surface area (Å²) in [6, 6.07) is 14.7. The molecular weight excluding hydrogens is 486 g/mol. The summed E-state index contributed by atoms with van der Waals surface area (Å²) in [5.74, 6) is -1.82. The Hall–Kier alpha value is -4.59. The number of carbonyl (C=O) groups is 3. The highest BCUT2D eigenvalue weighted by Crippen LogP contribution is 2.43. The van der Waals surface area contributed by atoms with Gasteiger partial charge >= 0.3 is 5.97 Å². The smallest absolute Gasteiger partial charge is 0.338 e. The minimum atomic E-state index is -0.977. The number of phenolic OH excluding ortho intramolecular Hbond substituents is 1. The van der Waals surface area contributed by atoms with Gasteiger partial charge in [-0.2, -0.15) is 0 Å². The number of ether oxygens (including phenoxy) is 2. The molecule has 0 aliphatic carbocycles. The van der Waals surface area contributed by atoms with Crippen LogP contribution in [-0.2, 0) is 14.3 Å². The third-order valence-corrected chi connectivity index (χ3v) is 6.47. The van der Waals surface area contributed by atoms with E-state index in [-0.39, 0.29) is 17.1 Å². The van der Waals surface area contributed by atoms with E-state index in [0.29, 0.717) is 46.7 Å². The molecule has 0 saturated carbocycles. The van der Waals surface area contributed by atoms with Crippen molar-refractivity contribution in [1.82, 2.24) is 0 Å². The Kier molecular flexibility index (Phi) is 7.52. The number of ketones is 1. The van der Waals surface area contributed by atoms with Gasteiger partial charge in [-0.25, -0.2) is 4.79 Å². The summed E-state index contributed by atoms with van der Waals surface area (Å²) >= 11 is 0. The van der Waals surface area contributed by atoms with E-state index in [2.05, 4.69) is 0 Å². The highest BCUT2D eigenvalue weighted by molar-refractivity contribution is 6.51. The number of aliphatic hydroxyl groups excluding tert-OH is 1. The second kappa shape index (κ2) is 10.8. The van der Waals surface area contributed by atoms with Crippen LogP contribution in [-0.4, -0.2) is 41.6 Å². The molecule has 0 spiro atoms. The Labute approximate surface area is 220 Å². The molecule has 38 heavy (non-hydrogen) atoms. The van der Waals surface area contributed by atoms with Crippen LogP contribution in [0.25, 0.3) is 5.76 Å². The molecule has 1 heterocycles. The molecule has 2 N–H and O–H groups in total. The molecule has 1 fully saturated rings. The van der Waals surface area contributed by atoms with Crippen molar-refractivity contribution in [2.45, 2.75) is 33.2 Å². The third kappa shape index (κ3) is 4.85. The molecule has 1 atom stereocenters. The predicted octanol–water partition coefficient (Wildman–Crippen LogP) is 5.21. The molecule has 0 bridgehead atoms. The zero-order valence-electron chi connectivity index (χ0n) is 21.6. The fourth-order valence-corrected chi connectivity index (χ4v) is 4.52. The quantitative estimate of drug-likeness (QED) is 0.192.